The summed E-state index contributed by atoms with van der Waals surface area (Å²) < 4.78 is 0. The maximum absolute atomic E-state index is 11.5. The minimum absolute atomic E-state index is 0.0441. The van der Waals surface area contributed by atoms with Crippen LogP contribution in [0, 0.1) is 5.92 Å². The van der Waals surface area contributed by atoms with Crippen molar-refractivity contribution in [3.8, 4) is 0 Å². The summed E-state index contributed by atoms with van der Waals surface area (Å²) in [6, 6.07) is 9.92. The van der Waals surface area contributed by atoms with Crippen molar-refractivity contribution in [2.24, 2.45) is 5.92 Å². The van der Waals surface area contributed by atoms with Gasteiger partial charge < -0.3 is 5.11 Å². The molecule has 0 radical (unpaired) electrons. The maximum Gasteiger partial charge on any atom is 0.133 e. The van der Waals surface area contributed by atoms with Gasteiger partial charge in [0, 0.05) is 24.1 Å². The Morgan fingerprint density at radius 3 is 2.83 bits per heavy atom. The van der Waals surface area contributed by atoms with E-state index in [2.05, 4.69) is 4.98 Å². The van der Waals surface area contributed by atoms with Crippen molar-refractivity contribution in [1.82, 2.24) is 4.98 Å². The van der Waals surface area contributed by atoms with Crippen LogP contribution in [0.5, 0.6) is 0 Å². The number of rotatable bonds is 5. The van der Waals surface area contributed by atoms with Crippen molar-refractivity contribution in [2.75, 3.05) is 6.61 Å². The first-order chi connectivity index (χ1) is 8.72. The summed E-state index contributed by atoms with van der Waals surface area (Å²) in [6.45, 7) is 1.63. The average molecular weight is 243 g/mol. The highest BCUT2D eigenvalue weighted by Gasteiger charge is 2.15. The zero-order chi connectivity index (χ0) is 13.0. The lowest BCUT2D eigenvalue weighted by molar-refractivity contribution is -0.121. The number of aromatic nitrogens is 1. The number of aliphatic hydroxyl groups excluding tert-OH is 1. The van der Waals surface area contributed by atoms with Gasteiger partial charge in [-0.25, -0.2) is 0 Å². The molecule has 0 aliphatic heterocycles. The Morgan fingerprint density at radius 1 is 1.33 bits per heavy atom. The molecule has 2 rings (SSSR count). The molecule has 0 aliphatic rings. The first-order valence-corrected chi connectivity index (χ1v) is 6.16. The highest BCUT2D eigenvalue weighted by Crippen LogP contribution is 2.20. The second-order valence-corrected chi connectivity index (χ2v) is 4.52. The van der Waals surface area contributed by atoms with Gasteiger partial charge in [-0.1, -0.05) is 24.3 Å². The number of hydrogen-bond donors (Lipinski definition) is 1. The molecule has 94 valence electrons. The van der Waals surface area contributed by atoms with Crippen LogP contribution in [0.3, 0.4) is 0 Å². The second kappa shape index (κ2) is 5.74. The highest BCUT2D eigenvalue weighted by atomic mass is 16.3. The number of aliphatic hydroxyl groups is 1. The maximum atomic E-state index is 11.5. The Labute approximate surface area is 106 Å². The van der Waals surface area contributed by atoms with Gasteiger partial charge in [-0.2, -0.15) is 0 Å². The number of pyridine rings is 1. The molecular weight excluding hydrogens is 226 g/mol. The summed E-state index contributed by atoms with van der Waals surface area (Å²) in [5.41, 5.74) is 2.02. The Morgan fingerprint density at radius 2 is 2.11 bits per heavy atom. The van der Waals surface area contributed by atoms with Gasteiger partial charge in [0.15, 0.2) is 0 Å². The number of Topliss-reactive ketones (excluding diaryl/α,β-unsaturated/α-hetero) is 1. The molecule has 0 saturated heterocycles. The molecular formula is C15H17NO2. The predicted octanol–water partition coefficient (Wildman–Crippen LogP) is 2.36. The molecule has 3 heteroatoms. The van der Waals surface area contributed by atoms with Gasteiger partial charge in [0.1, 0.15) is 5.78 Å². The lowest BCUT2D eigenvalue weighted by atomic mass is 9.92. The number of ketones is 1. The minimum Gasteiger partial charge on any atom is -0.396 e. The Bertz CT molecular complexity index is 546. The lowest BCUT2D eigenvalue weighted by Crippen LogP contribution is -2.16. The van der Waals surface area contributed by atoms with E-state index >= 15 is 0 Å². The predicted molar refractivity (Wildman–Crippen MR) is 71.3 cm³/mol. The molecule has 1 aromatic carbocycles. The third kappa shape index (κ3) is 2.74. The molecule has 0 amide bonds. The van der Waals surface area contributed by atoms with Crippen LogP contribution in [-0.2, 0) is 11.2 Å². The van der Waals surface area contributed by atoms with E-state index in [1.807, 2.05) is 30.3 Å². The molecule has 0 aliphatic carbocycles. The number of hydrogen-bond acceptors (Lipinski definition) is 3. The van der Waals surface area contributed by atoms with Crippen LogP contribution in [-0.4, -0.2) is 22.5 Å². The molecule has 0 bridgehead atoms. The van der Waals surface area contributed by atoms with Crippen molar-refractivity contribution in [3.05, 3.63) is 42.1 Å². The monoisotopic (exact) mass is 243 g/mol. The number of nitrogens with zero attached hydrogens (tertiary/aromatic N) is 1. The highest BCUT2D eigenvalue weighted by molar-refractivity contribution is 5.83. The second-order valence-electron chi connectivity index (χ2n) is 4.52. The largest absolute Gasteiger partial charge is 0.396 e. The van der Waals surface area contributed by atoms with Gasteiger partial charge in [-0.15, -0.1) is 0 Å². The van der Waals surface area contributed by atoms with Crippen LogP contribution in [0.4, 0.5) is 0 Å². The van der Waals surface area contributed by atoms with Crippen LogP contribution < -0.4 is 0 Å². The van der Waals surface area contributed by atoms with Crippen molar-refractivity contribution in [2.45, 2.75) is 19.8 Å². The van der Waals surface area contributed by atoms with Gasteiger partial charge in [0.25, 0.3) is 0 Å². The molecule has 0 fully saturated rings. The molecule has 0 saturated carbocycles. The zero-order valence-corrected chi connectivity index (χ0v) is 10.5. The molecule has 1 atom stereocenters. The molecule has 3 nitrogen and oxygen atoms in total. The number of fused-ring (bicyclic) bond motifs is 1. The third-order valence-electron chi connectivity index (χ3n) is 3.24. The zero-order valence-electron chi connectivity index (χ0n) is 10.5. The smallest absolute Gasteiger partial charge is 0.133 e. The number of benzene rings is 1. The summed E-state index contributed by atoms with van der Waals surface area (Å²) in [5.74, 6) is -0.000379. The molecule has 1 unspecified atom stereocenters. The van der Waals surface area contributed by atoms with Crippen molar-refractivity contribution in [3.63, 3.8) is 0 Å². The summed E-state index contributed by atoms with van der Waals surface area (Å²) in [4.78, 5) is 15.9. The van der Waals surface area contributed by atoms with Crippen molar-refractivity contribution in [1.29, 1.82) is 0 Å². The van der Waals surface area contributed by atoms with Crippen LogP contribution >= 0.6 is 0 Å². The summed E-state index contributed by atoms with van der Waals surface area (Å²) in [6.07, 6.45) is 2.92. The van der Waals surface area contributed by atoms with E-state index < -0.39 is 0 Å². The number of carbonyl (C=O) groups excluding carboxylic acids is 1. The molecule has 2 aromatic rings. The average Bonchev–Trinajstić information content (AvgIpc) is 2.38. The molecule has 1 aromatic heterocycles. The Kier molecular flexibility index (Phi) is 4.05. The summed E-state index contributed by atoms with van der Waals surface area (Å²) in [7, 11) is 0. The quantitative estimate of drug-likeness (QED) is 0.877. The van der Waals surface area contributed by atoms with Gasteiger partial charge in [0.2, 0.25) is 0 Å². The van der Waals surface area contributed by atoms with Crippen LogP contribution in [0.25, 0.3) is 10.9 Å². The minimum atomic E-state index is -0.123. The van der Waals surface area contributed by atoms with Crippen molar-refractivity contribution < 1.29 is 9.90 Å². The fourth-order valence-electron chi connectivity index (χ4n) is 2.20. The third-order valence-corrected chi connectivity index (χ3v) is 3.24. The van der Waals surface area contributed by atoms with E-state index in [1.165, 1.54) is 0 Å². The van der Waals surface area contributed by atoms with Gasteiger partial charge in [-0.05, 0) is 31.4 Å². The Hall–Kier alpha value is -1.74. The van der Waals surface area contributed by atoms with Gasteiger partial charge in [0.05, 0.1) is 5.52 Å². The van der Waals surface area contributed by atoms with E-state index in [1.54, 1.807) is 13.1 Å². The van der Waals surface area contributed by atoms with Crippen LogP contribution in [0.2, 0.25) is 0 Å². The fraction of sp³-hybridized carbons (Fsp3) is 0.333. The van der Waals surface area contributed by atoms with Crippen molar-refractivity contribution >= 4 is 16.7 Å². The first kappa shape index (κ1) is 12.7. The van der Waals surface area contributed by atoms with E-state index in [4.69, 9.17) is 5.11 Å². The standard InChI is InChI=1S/C15H17NO2/c1-11(18)13(7-9-17)10-14-5-2-4-12-6-3-8-16-15(12)14/h2-6,8,13,17H,7,9-10H2,1H3. The first-order valence-electron chi connectivity index (χ1n) is 6.16. The van der Waals surface area contributed by atoms with E-state index in [0.29, 0.717) is 12.8 Å². The van der Waals surface area contributed by atoms with Gasteiger partial charge in [-0.3, -0.25) is 9.78 Å². The lowest BCUT2D eigenvalue weighted by Gasteiger charge is -2.13. The van der Waals surface area contributed by atoms with Crippen LogP contribution in [0.15, 0.2) is 36.5 Å². The van der Waals surface area contributed by atoms with E-state index in [-0.39, 0.29) is 18.3 Å². The normalized spacial score (nSPS) is 12.6. The van der Waals surface area contributed by atoms with Gasteiger partial charge >= 0.3 is 0 Å². The Balaban J connectivity index is 2.33. The summed E-state index contributed by atoms with van der Waals surface area (Å²) >= 11 is 0. The molecule has 1 N–H and O–H groups in total. The number of para-hydroxylation sites is 1. The fourth-order valence-corrected chi connectivity index (χ4v) is 2.20. The SMILES string of the molecule is CC(=O)C(CCO)Cc1cccc2cccnc12. The van der Waals surface area contributed by atoms with E-state index in [0.717, 1.165) is 16.5 Å². The summed E-state index contributed by atoms with van der Waals surface area (Å²) in [5, 5.41) is 10.1. The van der Waals surface area contributed by atoms with Crippen LogP contribution in [0.1, 0.15) is 18.9 Å². The molecule has 1 heterocycles. The molecule has 18 heavy (non-hydrogen) atoms. The molecule has 0 spiro atoms. The number of carbonyl (C=O) groups is 1. The van der Waals surface area contributed by atoms with E-state index in [9.17, 15) is 4.79 Å². The topological polar surface area (TPSA) is 50.2 Å².